The summed E-state index contributed by atoms with van der Waals surface area (Å²) < 4.78 is 7.57. The van der Waals surface area contributed by atoms with Crippen molar-refractivity contribution in [2.24, 2.45) is 0 Å². The fourth-order valence-corrected chi connectivity index (χ4v) is 3.82. The summed E-state index contributed by atoms with van der Waals surface area (Å²) in [5.74, 6) is 1.87. The fraction of sp³-hybridized carbons (Fsp3) is 0.476. The average Bonchev–Trinajstić information content (AvgIpc) is 3.41. The molecule has 0 aliphatic carbocycles. The van der Waals surface area contributed by atoms with Gasteiger partial charge in [-0.25, -0.2) is 4.98 Å². The second-order valence-electron chi connectivity index (χ2n) is 7.63. The van der Waals surface area contributed by atoms with E-state index in [4.69, 9.17) is 4.42 Å². The molecule has 0 atom stereocenters. The van der Waals surface area contributed by atoms with Gasteiger partial charge in [0.15, 0.2) is 12.2 Å². The molecule has 3 heterocycles. The van der Waals surface area contributed by atoms with Crippen LogP contribution in [0.15, 0.2) is 47.6 Å². The predicted molar refractivity (Wildman–Crippen MR) is 109 cm³/mol. The molecule has 0 spiro atoms. The van der Waals surface area contributed by atoms with E-state index in [2.05, 4.69) is 68.1 Å². The molecule has 7 nitrogen and oxygen atoms in total. The lowest BCUT2D eigenvalue weighted by Gasteiger charge is -2.34. The van der Waals surface area contributed by atoms with Crippen LogP contribution in [-0.4, -0.2) is 45.4 Å². The molecule has 0 radical (unpaired) electrons. The quantitative estimate of drug-likeness (QED) is 0.678. The minimum Gasteiger partial charge on any atom is -0.444 e. The van der Waals surface area contributed by atoms with Gasteiger partial charge in [0, 0.05) is 49.4 Å². The maximum Gasteiger partial charge on any atom is 0.181 e. The van der Waals surface area contributed by atoms with Crippen LogP contribution in [0.2, 0.25) is 0 Å². The van der Waals surface area contributed by atoms with Crippen molar-refractivity contribution >= 4 is 5.69 Å². The van der Waals surface area contributed by atoms with Gasteiger partial charge in [-0.2, -0.15) is 0 Å². The lowest BCUT2D eigenvalue weighted by molar-refractivity contribution is 0.413. The molecule has 3 aromatic rings. The van der Waals surface area contributed by atoms with Crippen LogP contribution in [0.1, 0.15) is 38.6 Å². The van der Waals surface area contributed by atoms with Gasteiger partial charge in [0.2, 0.25) is 0 Å². The highest BCUT2D eigenvalue weighted by Gasteiger charge is 2.19. The topological polar surface area (TPSA) is 72.0 Å². The van der Waals surface area contributed by atoms with Crippen molar-refractivity contribution in [2.45, 2.75) is 45.2 Å². The Hall–Kier alpha value is -2.67. The largest absolute Gasteiger partial charge is 0.444 e. The number of piperidine rings is 1. The fourth-order valence-electron chi connectivity index (χ4n) is 3.82. The number of rotatable bonds is 7. The van der Waals surface area contributed by atoms with Crippen molar-refractivity contribution in [1.29, 1.82) is 0 Å². The number of benzene rings is 1. The molecule has 1 fully saturated rings. The molecule has 0 unspecified atom stereocenters. The molecule has 2 aromatic heterocycles. The van der Waals surface area contributed by atoms with Gasteiger partial charge in [0.05, 0.1) is 6.20 Å². The van der Waals surface area contributed by atoms with Crippen molar-refractivity contribution < 1.29 is 4.42 Å². The summed E-state index contributed by atoms with van der Waals surface area (Å²) in [6, 6.07) is 9.47. The molecule has 1 aromatic carbocycles. The minimum atomic E-state index is 0.404. The van der Waals surface area contributed by atoms with Crippen LogP contribution in [0.4, 0.5) is 5.69 Å². The van der Waals surface area contributed by atoms with Gasteiger partial charge in [-0.05, 0) is 38.8 Å². The van der Waals surface area contributed by atoms with Gasteiger partial charge < -0.3 is 19.2 Å². The molecule has 4 rings (SSSR count). The van der Waals surface area contributed by atoms with Crippen LogP contribution in [0.25, 0.3) is 11.3 Å². The second-order valence-corrected chi connectivity index (χ2v) is 7.63. The van der Waals surface area contributed by atoms with Gasteiger partial charge in [0.1, 0.15) is 12.2 Å². The maximum atomic E-state index is 5.43. The lowest BCUT2D eigenvalue weighted by Crippen LogP contribution is -2.43. The van der Waals surface area contributed by atoms with E-state index in [1.54, 1.807) is 6.20 Å². The monoisotopic (exact) mass is 380 g/mol. The van der Waals surface area contributed by atoms with E-state index >= 15 is 0 Å². The van der Waals surface area contributed by atoms with Crippen LogP contribution in [0.5, 0.6) is 0 Å². The predicted octanol–water partition coefficient (Wildman–Crippen LogP) is 3.32. The Bertz CT molecular complexity index is 865. The first-order chi connectivity index (χ1) is 13.7. The second kappa shape index (κ2) is 8.56. The van der Waals surface area contributed by atoms with E-state index in [0.29, 0.717) is 12.1 Å². The van der Waals surface area contributed by atoms with Crippen molar-refractivity contribution in [1.82, 2.24) is 25.1 Å². The maximum absolute atomic E-state index is 5.43. The smallest absolute Gasteiger partial charge is 0.181 e. The molecular weight excluding hydrogens is 352 g/mol. The molecule has 1 aliphatic heterocycles. The molecule has 0 amide bonds. The molecule has 1 aliphatic rings. The van der Waals surface area contributed by atoms with Crippen molar-refractivity contribution in [3.63, 3.8) is 0 Å². The molecule has 1 saturated heterocycles. The third kappa shape index (κ3) is 4.25. The number of anilines is 1. The normalized spacial score (nSPS) is 15.5. The third-order valence-corrected chi connectivity index (χ3v) is 5.41. The summed E-state index contributed by atoms with van der Waals surface area (Å²) in [6.07, 6.45) is 8.26. The first kappa shape index (κ1) is 18.7. The van der Waals surface area contributed by atoms with Crippen LogP contribution in [-0.2, 0) is 6.42 Å². The number of oxazole rings is 1. The molecule has 1 N–H and O–H groups in total. The van der Waals surface area contributed by atoms with Crippen molar-refractivity contribution in [3.05, 3.63) is 49.0 Å². The van der Waals surface area contributed by atoms with Gasteiger partial charge in [-0.15, -0.1) is 10.2 Å². The van der Waals surface area contributed by atoms with E-state index in [-0.39, 0.29) is 0 Å². The zero-order chi connectivity index (χ0) is 19.3. The first-order valence-electron chi connectivity index (χ1n) is 10.1. The molecule has 0 saturated carbocycles. The van der Waals surface area contributed by atoms with Crippen molar-refractivity contribution in [3.8, 4) is 11.3 Å². The summed E-state index contributed by atoms with van der Waals surface area (Å²) >= 11 is 0. The molecule has 7 heteroatoms. The van der Waals surface area contributed by atoms with Gasteiger partial charge >= 0.3 is 0 Å². The Balaban J connectivity index is 1.27. The van der Waals surface area contributed by atoms with Crippen molar-refractivity contribution in [2.75, 3.05) is 24.5 Å². The van der Waals surface area contributed by atoms with E-state index in [1.165, 1.54) is 12.1 Å². The van der Waals surface area contributed by atoms with E-state index < -0.39 is 0 Å². The average molecular weight is 380 g/mol. The van der Waals surface area contributed by atoms with Gasteiger partial charge in [0.25, 0.3) is 0 Å². The number of nitrogens with zero attached hydrogens (tertiary/aromatic N) is 5. The summed E-state index contributed by atoms with van der Waals surface area (Å²) in [5, 5.41) is 12.0. The number of nitrogens with one attached hydrogen (secondary N) is 1. The zero-order valence-corrected chi connectivity index (χ0v) is 16.6. The summed E-state index contributed by atoms with van der Waals surface area (Å²) in [4.78, 5) is 6.47. The van der Waals surface area contributed by atoms with Crippen LogP contribution >= 0.6 is 0 Å². The van der Waals surface area contributed by atoms with Crippen LogP contribution in [0, 0.1) is 0 Å². The van der Waals surface area contributed by atoms with E-state index in [0.717, 1.165) is 56.0 Å². The first-order valence-corrected chi connectivity index (χ1v) is 10.1. The molecule has 0 bridgehead atoms. The summed E-state index contributed by atoms with van der Waals surface area (Å²) in [6.45, 7) is 7.37. The summed E-state index contributed by atoms with van der Waals surface area (Å²) in [5.41, 5.74) is 2.32. The van der Waals surface area contributed by atoms with Gasteiger partial charge in [-0.1, -0.05) is 12.1 Å². The molecular formula is C21H28N6O. The van der Waals surface area contributed by atoms with E-state index in [1.807, 2.05) is 6.33 Å². The highest BCUT2D eigenvalue weighted by molar-refractivity contribution is 5.64. The van der Waals surface area contributed by atoms with Crippen LogP contribution in [0.3, 0.4) is 0 Å². The highest BCUT2D eigenvalue weighted by atomic mass is 16.3. The molecule has 148 valence electrons. The SMILES string of the molecule is CC(C)n1cnnc1CCNC1CCN(c2cccc(-c3cnco3)c2)CC1. The number of aromatic nitrogens is 4. The zero-order valence-electron chi connectivity index (χ0n) is 16.6. The van der Waals surface area contributed by atoms with Gasteiger partial charge in [-0.3, -0.25) is 0 Å². The Morgan fingerprint density at radius 2 is 2.11 bits per heavy atom. The number of hydrogen-bond acceptors (Lipinski definition) is 6. The Morgan fingerprint density at radius 1 is 1.25 bits per heavy atom. The number of hydrogen-bond donors (Lipinski definition) is 1. The van der Waals surface area contributed by atoms with E-state index in [9.17, 15) is 0 Å². The minimum absolute atomic E-state index is 0.404. The van der Waals surface area contributed by atoms with Crippen LogP contribution < -0.4 is 10.2 Å². The third-order valence-electron chi connectivity index (χ3n) is 5.41. The highest BCUT2D eigenvalue weighted by Crippen LogP contribution is 2.26. The lowest BCUT2D eigenvalue weighted by atomic mass is 10.0. The Kier molecular flexibility index (Phi) is 5.71. The molecule has 28 heavy (non-hydrogen) atoms. The summed E-state index contributed by atoms with van der Waals surface area (Å²) in [7, 11) is 0. The Morgan fingerprint density at radius 3 is 2.86 bits per heavy atom. The standard InChI is InChI=1S/C21H28N6O/c1-16(2)27-14-24-25-21(27)6-9-23-18-7-10-26(11-8-18)19-5-3-4-17(12-19)20-13-22-15-28-20/h3-5,12-16,18,23H,6-11H2,1-2H3. The Labute approximate surface area is 165 Å².